The lowest BCUT2D eigenvalue weighted by Crippen LogP contribution is -2.38. The molecule has 0 saturated carbocycles. The van der Waals surface area contributed by atoms with Crippen LogP contribution in [0.3, 0.4) is 0 Å². The predicted octanol–water partition coefficient (Wildman–Crippen LogP) is 4.72. The molecule has 4 rings (SSSR count). The van der Waals surface area contributed by atoms with Gasteiger partial charge in [0.05, 0.1) is 5.69 Å². The van der Waals surface area contributed by atoms with Gasteiger partial charge in [-0.25, -0.2) is 9.97 Å². The van der Waals surface area contributed by atoms with E-state index in [9.17, 15) is 4.79 Å². The van der Waals surface area contributed by atoms with Crippen molar-refractivity contribution in [3.63, 3.8) is 0 Å². The summed E-state index contributed by atoms with van der Waals surface area (Å²) in [5.74, 6) is 1.06. The Hall–Kier alpha value is -2.86. The van der Waals surface area contributed by atoms with Gasteiger partial charge >= 0.3 is 0 Å². The average Bonchev–Trinajstić information content (AvgIpc) is 2.80. The third-order valence-electron chi connectivity index (χ3n) is 5.25. The number of hydrogen-bond donors (Lipinski definition) is 1. The highest BCUT2D eigenvalue weighted by molar-refractivity contribution is 7.98. The maximum atomic E-state index is 12.7. The average molecular weight is 405 g/mol. The number of nitrogens with one attached hydrogen (secondary N) is 1. The maximum absolute atomic E-state index is 12.7. The number of aromatic nitrogens is 2. The lowest BCUT2D eigenvalue weighted by Gasteiger charge is -2.32. The second-order valence-corrected chi connectivity index (χ2v) is 7.99. The van der Waals surface area contributed by atoms with E-state index in [-0.39, 0.29) is 11.8 Å². The van der Waals surface area contributed by atoms with E-state index in [4.69, 9.17) is 0 Å². The first-order valence-electron chi connectivity index (χ1n) is 9.80. The third-order valence-corrected chi connectivity index (χ3v) is 5.97. The van der Waals surface area contributed by atoms with Crippen molar-refractivity contribution in [2.45, 2.75) is 17.7 Å². The molecule has 0 spiro atoms. The lowest BCUT2D eigenvalue weighted by molar-refractivity contribution is -0.120. The van der Waals surface area contributed by atoms with Gasteiger partial charge in [0.25, 0.3) is 0 Å². The summed E-state index contributed by atoms with van der Waals surface area (Å²) >= 11 is 1.67. The second-order valence-electron chi connectivity index (χ2n) is 7.11. The Morgan fingerprint density at radius 3 is 2.59 bits per heavy atom. The van der Waals surface area contributed by atoms with Crippen LogP contribution in [0.1, 0.15) is 12.8 Å². The molecular weight excluding hydrogens is 380 g/mol. The lowest BCUT2D eigenvalue weighted by atomic mass is 9.95. The Bertz CT molecular complexity index is 971. The molecule has 148 valence electrons. The van der Waals surface area contributed by atoms with Gasteiger partial charge < -0.3 is 10.2 Å². The third kappa shape index (κ3) is 4.77. The van der Waals surface area contributed by atoms with Crippen molar-refractivity contribution < 1.29 is 4.79 Å². The normalized spacial score (nSPS) is 14.6. The molecule has 0 atom stereocenters. The number of benzene rings is 2. The van der Waals surface area contributed by atoms with Gasteiger partial charge in [0.2, 0.25) is 5.91 Å². The van der Waals surface area contributed by atoms with Crippen LogP contribution in [-0.4, -0.2) is 35.2 Å². The second kappa shape index (κ2) is 9.09. The van der Waals surface area contributed by atoms with E-state index >= 15 is 0 Å². The molecule has 0 unspecified atom stereocenters. The van der Waals surface area contributed by atoms with Gasteiger partial charge in [-0.05, 0) is 37.3 Å². The van der Waals surface area contributed by atoms with E-state index in [1.165, 1.54) is 0 Å². The molecule has 0 bridgehead atoms. The molecule has 0 aliphatic carbocycles. The fraction of sp³-hybridized carbons (Fsp3) is 0.261. The number of amides is 1. The van der Waals surface area contributed by atoms with Gasteiger partial charge in [-0.3, -0.25) is 4.79 Å². The number of carbonyl (C=O) groups is 1. The zero-order valence-corrected chi connectivity index (χ0v) is 17.2. The Morgan fingerprint density at radius 1 is 1.03 bits per heavy atom. The van der Waals surface area contributed by atoms with Crippen LogP contribution >= 0.6 is 11.8 Å². The molecule has 29 heavy (non-hydrogen) atoms. The molecule has 1 amide bonds. The molecule has 2 heterocycles. The van der Waals surface area contributed by atoms with Crippen molar-refractivity contribution in [3.8, 4) is 11.3 Å². The molecule has 5 nitrogen and oxygen atoms in total. The summed E-state index contributed by atoms with van der Waals surface area (Å²) in [6, 6.07) is 20.1. The molecule has 1 aromatic heterocycles. The van der Waals surface area contributed by atoms with Crippen LogP contribution in [0.4, 0.5) is 11.5 Å². The minimum Gasteiger partial charge on any atom is -0.356 e. The SMILES string of the molecule is CSc1cccc(NC(=O)C2CCN(c3cc(-c4ccccc4)ncn3)CC2)c1. The highest BCUT2D eigenvalue weighted by atomic mass is 32.2. The number of hydrogen-bond acceptors (Lipinski definition) is 5. The fourth-order valence-electron chi connectivity index (χ4n) is 3.60. The van der Waals surface area contributed by atoms with Crippen molar-refractivity contribution in [2.24, 2.45) is 5.92 Å². The first kappa shape index (κ1) is 19.5. The smallest absolute Gasteiger partial charge is 0.227 e. The highest BCUT2D eigenvalue weighted by Gasteiger charge is 2.26. The van der Waals surface area contributed by atoms with E-state index in [0.717, 1.165) is 53.6 Å². The molecule has 1 aliphatic heterocycles. The molecule has 6 heteroatoms. The zero-order chi connectivity index (χ0) is 20.1. The number of anilines is 2. The Balaban J connectivity index is 1.37. The maximum Gasteiger partial charge on any atom is 0.227 e. The summed E-state index contributed by atoms with van der Waals surface area (Å²) in [7, 11) is 0. The summed E-state index contributed by atoms with van der Waals surface area (Å²) in [4.78, 5) is 24.9. The molecule has 1 N–H and O–H groups in total. The van der Waals surface area contributed by atoms with Crippen LogP contribution in [0.25, 0.3) is 11.3 Å². The number of nitrogens with zero attached hydrogens (tertiary/aromatic N) is 3. The molecule has 1 saturated heterocycles. The summed E-state index contributed by atoms with van der Waals surface area (Å²) < 4.78 is 0. The van der Waals surface area contributed by atoms with Crippen molar-refractivity contribution in [1.82, 2.24) is 9.97 Å². The van der Waals surface area contributed by atoms with E-state index in [0.29, 0.717) is 0 Å². The van der Waals surface area contributed by atoms with Crippen molar-refractivity contribution in [3.05, 3.63) is 67.0 Å². The minimum atomic E-state index is 0.0274. The Kier molecular flexibility index (Phi) is 6.10. The van der Waals surface area contributed by atoms with Crippen molar-refractivity contribution in [2.75, 3.05) is 29.6 Å². The van der Waals surface area contributed by atoms with Crippen LogP contribution in [0, 0.1) is 5.92 Å². The van der Waals surface area contributed by atoms with Gasteiger partial charge in [0.1, 0.15) is 12.1 Å². The van der Waals surface area contributed by atoms with E-state index in [2.05, 4.69) is 32.3 Å². The van der Waals surface area contributed by atoms with Gasteiger partial charge in [0.15, 0.2) is 0 Å². The topological polar surface area (TPSA) is 58.1 Å². The quantitative estimate of drug-likeness (QED) is 0.624. The molecular formula is C23H24N4OS. The molecule has 2 aromatic carbocycles. The number of rotatable bonds is 5. The minimum absolute atomic E-state index is 0.0274. The number of piperidine rings is 1. The predicted molar refractivity (Wildman–Crippen MR) is 119 cm³/mol. The van der Waals surface area contributed by atoms with E-state index in [1.807, 2.05) is 54.8 Å². The summed E-state index contributed by atoms with van der Waals surface area (Å²) in [6.07, 6.45) is 5.29. The standard InChI is InChI=1S/C23H24N4OS/c1-29-20-9-5-8-19(14-20)26-23(28)18-10-12-27(13-11-18)22-15-21(24-16-25-22)17-6-3-2-4-7-17/h2-9,14-16,18H,10-13H2,1H3,(H,26,28). The summed E-state index contributed by atoms with van der Waals surface area (Å²) in [6.45, 7) is 1.63. The van der Waals surface area contributed by atoms with Crippen molar-refractivity contribution in [1.29, 1.82) is 0 Å². The van der Waals surface area contributed by atoms with Gasteiger partial charge in [-0.15, -0.1) is 11.8 Å². The first-order valence-corrected chi connectivity index (χ1v) is 11.0. The summed E-state index contributed by atoms with van der Waals surface area (Å²) in [5, 5.41) is 3.08. The Labute approximate surface area is 175 Å². The molecule has 3 aromatic rings. The summed E-state index contributed by atoms with van der Waals surface area (Å²) in [5.41, 5.74) is 2.87. The molecule has 1 aliphatic rings. The van der Waals surface area contributed by atoms with Crippen LogP contribution in [-0.2, 0) is 4.79 Å². The molecule has 0 radical (unpaired) electrons. The van der Waals surface area contributed by atoms with Crippen LogP contribution < -0.4 is 10.2 Å². The van der Waals surface area contributed by atoms with E-state index in [1.54, 1.807) is 18.1 Å². The van der Waals surface area contributed by atoms with Crippen LogP contribution in [0.2, 0.25) is 0 Å². The first-order chi connectivity index (χ1) is 14.2. The monoisotopic (exact) mass is 404 g/mol. The van der Waals surface area contributed by atoms with Gasteiger partial charge in [0, 0.05) is 41.2 Å². The highest BCUT2D eigenvalue weighted by Crippen LogP contribution is 2.26. The van der Waals surface area contributed by atoms with Crippen LogP contribution in [0.15, 0.2) is 71.9 Å². The molecule has 1 fully saturated rings. The van der Waals surface area contributed by atoms with Gasteiger partial charge in [-0.2, -0.15) is 0 Å². The zero-order valence-electron chi connectivity index (χ0n) is 16.4. The number of carbonyl (C=O) groups excluding carboxylic acids is 1. The largest absolute Gasteiger partial charge is 0.356 e. The van der Waals surface area contributed by atoms with Gasteiger partial charge in [-0.1, -0.05) is 36.4 Å². The Morgan fingerprint density at radius 2 is 1.83 bits per heavy atom. The fourth-order valence-corrected chi connectivity index (χ4v) is 4.06. The van der Waals surface area contributed by atoms with E-state index < -0.39 is 0 Å². The van der Waals surface area contributed by atoms with Crippen molar-refractivity contribution >= 4 is 29.2 Å². The van der Waals surface area contributed by atoms with Crippen LogP contribution in [0.5, 0.6) is 0 Å². The number of thioether (sulfide) groups is 1.